The first-order chi connectivity index (χ1) is 13.5. The fraction of sp³-hybridized carbons (Fsp3) is 0.238. The highest BCUT2D eigenvalue weighted by Gasteiger charge is 2.23. The van der Waals surface area contributed by atoms with Gasteiger partial charge in [-0.3, -0.25) is 4.79 Å². The molecule has 0 saturated heterocycles. The third-order valence-electron chi connectivity index (χ3n) is 4.52. The van der Waals surface area contributed by atoms with E-state index in [1.807, 2.05) is 30.3 Å². The van der Waals surface area contributed by atoms with Gasteiger partial charge in [-0.05, 0) is 35.3 Å². The van der Waals surface area contributed by atoms with Crippen LogP contribution in [0.25, 0.3) is 5.57 Å². The smallest absolute Gasteiger partial charge is 0.326 e. The Labute approximate surface area is 172 Å². The Kier molecular flexibility index (Phi) is 6.73. The standard InChI is InChI=1S/C21H19Cl2NO4/c22-16-2-1-3-17(23)19(16)20(25)24-18(21(26)27)12-13-4-6-14(7-5-13)15-8-10-28-11-9-15/h1-8,18H,9-12H2,(H,24,25)(H,26,27)/t18-/m0/s1. The summed E-state index contributed by atoms with van der Waals surface area (Å²) in [6.07, 6.45) is 3.05. The molecule has 2 aromatic carbocycles. The number of hydrogen-bond donors (Lipinski definition) is 2. The normalized spacial score (nSPS) is 14.9. The van der Waals surface area contributed by atoms with Gasteiger partial charge < -0.3 is 15.2 Å². The molecule has 0 unspecified atom stereocenters. The van der Waals surface area contributed by atoms with Crippen LogP contribution in [0.5, 0.6) is 0 Å². The summed E-state index contributed by atoms with van der Waals surface area (Å²) in [5.74, 6) is -1.75. The lowest BCUT2D eigenvalue weighted by Crippen LogP contribution is -2.42. The van der Waals surface area contributed by atoms with Gasteiger partial charge in [0.15, 0.2) is 0 Å². The van der Waals surface area contributed by atoms with Gasteiger partial charge in [0.25, 0.3) is 5.91 Å². The fourth-order valence-electron chi connectivity index (χ4n) is 3.03. The maximum Gasteiger partial charge on any atom is 0.326 e. The van der Waals surface area contributed by atoms with Gasteiger partial charge in [-0.1, -0.05) is 59.6 Å². The molecule has 0 fully saturated rings. The van der Waals surface area contributed by atoms with Crippen LogP contribution in [0.15, 0.2) is 48.5 Å². The number of carboxylic acid groups (broad SMARTS) is 1. The molecular weight excluding hydrogens is 401 g/mol. The van der Waals surface area contributed by atoms with Crippen LogP contribution in [0.2, 0.25) is 10.0 Å². The van der Waals surface area contributed by atoms with Crippen LogP contribution in [-0.2, 0) is 16.0 Å². The van der Waals surface area contributed by atoms with Crippen molar-refractivity contribution in [3.63, 3.8) is 0 Å². The van der Waals surface area contributed by atoms with Crippen LogP contribution in [0.1, 0.15) is 27.9 Å². The zero-order valence-electron chi connectivity index (χ0n) is 15.0. The minimum Gasteiger partial charge on any atom is -0.480 e. The maximum absolute atomic E-state index is 12.5. The molecule has 0 aliphatic carbocycles. The number of rotatable bonds is 6. The van der Waals surface area contributed by atoms with E-state index < -0.39 is 17.9 Å². The lowest BCUT2D eigenvalue weighted by atomic mass is 9.98. The number of carbonyl (C=O) groups excluding carboxylic acids is 1. The summed E-state index contributed by atoms with van der Waals surface area (Å²) < 4.78 is 5.31. The molecule has 1 heterocycles. The van der Waals surface area contributed by atoms with E-state index in [9.17, 15) is 14.7 Å². The minimum atomic E-state index is -1.13. The summed E-state index contributed by atoms with van der Waals surface area (Å²) in [6.45, 7) is 1.31. The molecule has 2 aromatic rings. The van der Waals surface area contributed by atoms with E-state index >= 15 is 0 Å². The molecule has 0 aromatic heterocycles. The minimum absolute atomic E-state index is 0.0684. The Morgan fingerprint density at radius 1 is 1.11 bits per heavy atom. The van der Waals surface area contributed by atoms with E-state index in [0.29, 0.717) is 13.2 Å². The largest absolute Gasteiger partial charge is 0.480 e. The van der Waals surface area contributed by atoms with Crippen molar-refractivity contribution in [1.82, 2.24) is 5.32 Å². The second-order valence-corrected chi connectivity index (χ2v) is 7.23. The highest BCUT2D eigenvalue weighted by atomic mass is 35.5. The van der Waals surface area contributed by atoms with Crippen molar-refractivity contribution in [2.75, 3.05) is 13.2 Å². The summed E-state index contributed by atoms with van der Waals surface area (Å²) in [5.41, 5.74) is 3.17. The quantitative estimate of drug-likeness (QED) is 0.734. The number of carbonyl (C=O) groups is 2. The van der Waals surface area contributed by atoms with Gasteiger partial charge >= 0.3 is 5.97 Å². The summed E-state index contributed by atoms with van der Waals surface area (Å²) in [6, 6.07) is 11.2. The molecule has 0 radical (unpaired) electrons. The maximum atomic E-state index is 12.5. The monoisotopic (exact) mass is 419 g/mol. The summed E-state index contributed by atoms with van der Waals surface area (Å²) >= 11 is 12.1. The van der Waals surface area contributed by atoms with E-state index in [1.54, 1.807) is 6.07 Å². The predicted octanol–water partition coefficient (Wildman–Crippen LogP) is 4.22. The first kappa shape index (κ1) is 20.4. The zero-order valence-corrected chi connectivity index (χ0v) is 16.5. The predicted molar refractivity (Wildman–Crippen MR) is 109 cm³/mol. The molecular formula is C21H19Cl2NO4. The molecule has 28 heavy (non-hydrogen) atoms. The number of hydrogen-bond acceptors (Lipinski definition) is 3. The molecule has 7 heteroatoms. The first-order valence-corrected chi connectivity index (χ1v) is 9.55. The number of nitrogens with one attached hydrogen (secondary N) is 1. The number of carboxylic acids is 1. The van der Waals surface area contributed by atoms with E-state index in [0.717, 1.165) is 17.5 Å². The Morgan fingerprint density at radius 2 is 1.79 bits per heavy atom. The zero-order chi connectivity index (χ0) is 20.1. The lowest BCUT2D eigenvalue weighted by molar-refractivity contribution is -0.139. The highest BCUT2D eigenvalue weighted by molar-refractivity contribution is 6.39. The number of amides is 1. The average Bonchev–Trinajstić information content (AvgIpc) is 2.68. The second kappa shape index (κ2) is 9.24. The fourth-order valence-corrected chi connectivity index (χ4v) is 3.59. The molecule has 146 valence electrons. The topological polar surface area (TPSA) is 75.6 Å². The van der Waals surface area contributed by atoms with Crippen LogP contribution in [0, 0.1) is 0 Å². The van der Waals surface area contributed by atoms with Gasteiger partial charge in [0, 0.05) is 6.42 Å². The molecule has 1 amide bonds. The van der Waals surface area contributed by atoms with Crippen molar-refractivity contribution in [2.45, 2.75) is 18.9 Å². The summed E-state index contributed by atoms with van der Waals surface area (Å²) in [7, 11) is 0. The number of halogens is 2. The van der Waals surface area contributed by atoms with Crippen LogP contribution in [0.4, 0.5) is 0 Å². The second-order valence-electron chi connectivity index (χ2n) is 6.42. The molecule has 1 aliphatic heterocycles. The van der Waals surface area contributed by atoms with Crippen LogP contribution in [0.3, 0.4) is 0 Å². The number of aliphatic carboxylic acids is 1. The van der Waals surface area contributed by atoms with Gasteiger partial charge in [0.05, 0.1) is 28.8 Å². The van der Waals surface area contributed by atoms with E-state index in [-0.39, 0.29) is 22.0 Å². The Hall–Kier alpha value is -2.34. The third-order valence-corrected chi connectivity index (χ3v) is 5.15. The summed E-state index contributed by atoms with van der Waals surface area (Å²) in [4.78, 5) is 24.1. The van der Waals surface area contributed by atoms with Crippen molar-refractivity contribution in [3.05, 3.63) is 75.3 Å². The van der Waals surface area contributed by atoms with Crippen molar-refractivity contribution < 1.29 is 19.4 Å². The van der Waals surface area contributed by atoms with Crippen molar-refractivity contribution in [3.8, 4) is 0 Å². The molecule has 1 atom stereocenters. The Morgan fingerprint density at radius 3 is 2.36 bits per heavy atom. The first-order valence-electron chi connectivity index (χ1n) is 8.79. The number of ether oxygens (including phenoxy) is 1. The SMILES string of the molecule is O=C(N[C@@H](Cc1ccc(C2=CCOCC2)cc1)C(=O)O)c1c(Cl)cccc1Cl. The molecule has 2 N–H and O–H groups in total. The van der Waals surface area contributed by atoms with Gasteiger partial charge in [-0.2, -0.15) is 0 Å². The van der Waals surface area contributed by atoms with Crippen LogP contribution in [-0.4, -0.2) is 36.2 Å². The van der Waals surface area contributed by atoms with Gasteiger partial charge in [0.2, 0.25) is 0 Å². The molecule has 1 aliphatic rings. The lowest BCUT2D eigenvalue weighted by Gasteiger charge is -2.17. The van der Waals surface area contributed by atoms with Crippen molar-refractivity contribution >= 4 is 40.7 Å². The average molecular weight is 420 g/mol. The molecule has 0 saturated carbocycles. The van der Waals surface area contributed by atoms with Gasteiger partial charge in [0.1, 0.15) is 6.04 Å². The molecule has 0 spiro atoms. The summed E-state index contributed by atoms with van der Waals surface area (Å²) in [5, 5.41) is 12.4. The van der Waals surface area contributed by atoms with E-state index in [2.05, 4.69) is 5.32 Å². The van der Waals surface area contributed by atoms with Gasteiger partial charge in [-0.15, -0.1) is 0 Å². The van der Waals surface area contributed by atoms with E-state index in [4.69, 9.17) is 27.9 Å². The Balaban J connectivity index is 1.72. The molecule has 5 nitrogen and oxygen atoms in total. The highest BCUT2D eigenvalue weighted by Crippen LogP contribution is 2.25. The van der Waals surface area contributed by atoms with E-state index in [1.165, 1.54) is 17.7 Å². The molecule has 0 bridgehead atoms. The third kappa shape index (κ3) is 4.93. The van der Waals surface area contributed by atoms with Gasteiger partial charge in [-0.25, -0.2) is 4.79 Å². The van der Waals surface area contributed by atoms with Crippen LogP contribution >= 0.6 is 23.2 Å². The number of benzene rings is 2. The van der Waals surface area contributed by atoms with Crippen molar-refractivity contribution in [1.29, 1.82) is 0 Å². The van der Waals surface area contributed by atoms with Crippen LogP contribution < -0.4 is 5.32 Å². The van der Waals surface area contributed by atoms with Crippen molar-refractivity contribution in [2.24, 2.45) is 0 Å². The Bertz CT molecular complexity index is 889. The molecule has 3 rings (SSSR count).